The zero-order valence-corrected chi connectivity index (χ0v) is 10.6. The van der Waals surface area contributed by atoms with E-state index in [1.165, 1.54) is 0 Å². The highest BCUT2D eigenvalue weighted by atomic mass is 16.5. The fraction of sp³-hybridized carbons (Fsp3) is 0.125. The topological polar surface area (TPSA) is 50.1 Å². The molecule has 0 aliphatic rings. The van der Waals surface area contributed by atoms with E-state index in [-0.39, 0.29) is 12.4 Å². The Balaban J connectivity index is 2.07. The molecule has 2 rings (SSSR count). The van der Waals surface area contributed by atoms with E-state index in [0.29, 0.717) is 16.9 Å². The second-order valence-electron chi connectivity index (χ2n) is 4.17. The number of benzene rings is 2. The molecular weight excluding hydrogens is 238 g/mol. The first-order valence-electron chi connectivity index (χ1n) is 5.92. The zero-order chi connectivity index (χ0) is 13.7. The molecule has 0 fully saturated rings. The minimum atomic E-state index is -0.0811. The van der Waals surface area contributed by atoms with Gasteiger partial charge in [-0.2, -0.15) is 5.26 Å². The summed E-state index contributed by atoms with van der Waals surface area (Å²) in [5.74, 6) is 0.491. The monoisotopic (exact) mass is 251 g/mol. The summed E-state index contributed by atoms with van der Waals surface area (Å²) in [7, 11) is 0. The van der Waals surface area contributed by atoms with E-state index in [0.717, 1.165) is 5.56 Å². The average molecular weight is 251 g/mol. The van der Waals surface area contributed by atoms with Crippen molar-refractivity contribution in [1.29, 1.82) is 5.26 Å². The minimum Gasteiger partial charge on any atom is -0.485 e. The number of nitrogens with zero attached hydrogens (tertiary/aromatic N) is 1. The van der Waals surface area contributed by atoms with Gasteiger partial charge in [0.05, 0.1) is 11.6 Å². The third-order valence-corrected chi connectivity index (χ3v) is 2.77. The van der Waals surface area contributed by atoms with Crippen LogP contribution in [0.2, 0.25) is 0 Å². The van der Waals surface area contributed by atoms with Gasteiger partial charge in [-0.15, -0.1) is 0 Å². The molecule has 0 N–H and O–H groups in total. The van der Waals surface area contributed by atoms with Crippen LogP contribution in [0.25, 0.3) is 0 Å². The quantitative estimate of drug-likeness (QED) is 0.784. The molecule has 0 unspecified atom stereocenters. The van der Waals surface area contributed by atoms with Crippen LogP contribution < -0.4 is 4.74 Å². The molecule has 0 radical (unpaired) electrons. The van der Waals surface area contributed by atoms with Crippen molar-refractivity contribution in [3.63, 3.8) is 0 Å². The maximum Gasteiger partial charge on any atom is 0.200 e. The van der Waals surface area contributed by atoms with E-state index in [9.17, 15) is 4.79 Å². The molecule has 94 valence electrons. The van der Waals surface area contributed by atoms with Gasteiger partial charge in [0, 0.05) is 5.56 Å². The van der Waals surface area contributed by atoms with E-state index in [2.05, 4.69) is 0 Å². The maximum atomic E-state index is 11.9. The number of hydrogen-bond acceptors (Lipinski definition) is 3. The summed E-state index contributed by atoms with van der Waals surface area (Å²) in [6.45, 7) is 1.85. The molecule has 0 spiro atoms. The lowest BCUT2D eigenvalue weighted by atomic mass is 10.1. The van der Waals surface area contributed by atoms with Gasteiger partial charge in [-0.1, -0.05) is 36.4 Å². The van der Waals surface area contributed by atoms with Crippen LogP contribution in [-0.4, -0.2) is 12.4 Å². The lowest BCUT2D eigenvalue weighted by molar-refractivity contribution is 0.0921. The van der Waals surface area contributed by atoms with Gasteiger partial charge in [0.2, 0.25) is 0 Å². The number of Topliss-reactive ketones (excluding diaryl/α,β-unsaturated/α-hetero) is 1. The Morgan fingerprint density at radius 3 is 2.63 bits per heavy atom. The summed E-state index contributed by atoms with van der Waals surface area (Å²) in [5.41, 5.74) is 2.05. The number of hydrogen-bond donors (Lipinski definition) is 0. The van der Waals surface area contributed by atoms with Crippen molar-refractivity contribution in [3.8, 4) is 11.8 Å². The normalized spacial score (nSPS) is 9.68. The van der Waals surface area contributed by atoms with Gasteiger partial charge >= 0.3 is 0 Å². The van der Waals surface area contributed by atoms with Crippen molar-refractivity contribution >= 4 is 5.78 Å². The van der Waals surface area contributed by atoms with Gasteiger partial charge in [0.1, 0.15) is 5.75 Å². The van der Waals surface area contributed by atoms with Gasteiger partial charge in [0.15, 0.2) is 12.4 Å². The molecule has 2 aromatic carbocycles. The second kappa shape index (κ2) is 5.83. The summed E-state index contributed by atoms with van der Waals surface area (Å²) in [4.78, 5) is 11.9. The third-order valence-electron chi connectivity index (χ3n) is 2.77. The Bertz CT molecular complexity index is 627. The zero-order valence-electron chi connectivity index (χ0n) is 10.6. The number of ketones is 1. The number of aryl methyl sites for hydroxylation is 1. The smallest absolute Gasteiger partial charge is 0.200 e. The lowest BCUT2D eigenvalue weighted by Gasteiger charge is -2.08. The molecule has 0 atom stereocenters. The van der Waals surface area contributed by atoms with Crippen LogP contribution in [-0.2, 0) is 0 Å². The summed E-state index contributed by atoms with van der Waals surface area (Å²) < 4.78 is 5.49. The molecule has 0 amide bonds. The Labute approximate surface area is 112 Å². The van der Waals surface area contributed by atoms with E-state index >= 15 is 0 Å². The Hall–Kier alpha value is -2.60. The molecule has 0 aromatic heterocycles. The Morgan fingerprint density at radius 2 is 1.95 bits per heavy atom. The third kappa shape index (κ3) is 3.20. The molecule has 2 aromatic rings. The predicted octanol–water partition coefficient (Wildman–Crippen LogP) is 3.13. The highest BCUT2D eigenvalue weighted by Gasteiger charge is 2.08. The number of carbonyl (C=O) groups is 1. The van der Waals surface area contributed by atoms with E-state index in [1.807, 2.05) is 31.2 Å². The highest BCUT2D eigenvalue weighted by molar-refractivity contribution is 5.97. The summed E-state index contributed by atoms with van der Waals surface area (Å²) in [6.07, 6.45) is 0. The molecule has 0 saturated carbocycles. The average Bonchev–Trinajstić information content (AvgIpc) is 2.47. The van der Waals surface area contributed by atoms with Crippen molar-refractivity contribution in [2.45, 2.75) is 6.92 Å². The predicted molar refractivity (Wildman–Crippen MR) is 72.2 cm³/mol. The molecule has 0 bridgehead atoms. The van der Waals surface area contributed by atoms with Crippen LogP contribution in [0, 0.1) is 18.3 Å². The number of carbonyl (C=O) groups excluding carboxylic acids is 1. The van der Waals surface area contributed by atoms with Gasteiger partial charge in [-0.05, 0) is 24.6 Å². The molecule has 0 heterocycles. The largest absolute Gasteiger partial charge is 0.485 e. The first-order chi connectivity index (χ1) is 9.20. The van der Waals surface area contributed by atoms with Crippen molar-refractivity contribution in [2.75, 3.05) is 6.61 Å². The number of ether oxygens (including phenoxy) is 1. The summed E-state index contributed by atoms with van der Waals surface area (Å²) in [6, 6.07) is 16.2. The van der Waals surface area contributed by atoms with Crippen LogP contribution in [0.1, 0.15) is 21.5 Å². The van der Waals surface area contributed by atoms with Crippen LogP contribution >= 0.6 is 0 Å². The van der Waals surface area contributed by atoms with Crippen LogP contribution in [0.15, 0.2) is 48.5 Å². The Morgan fingerprint density at radius 1 is 1.21 bits per heavy atom. The molecule has 19 heavy (non-hydrogen) atoms. The fourth-order valence-corrected chi connectivity index (χ4v) is 1.68. The van der Waals surface area contributed by atoms with Gasteiger partial charge in [-0.3, -0.25) is 4.79 Å². The van der Waals surface area contributed by atoms with Crippen LogP contribution in [0.4, 0.5) is 0 Å². The minimum absolute atomic E-state index is 0.0280. The standard InChI is InChI=1S/C16H13NO2/c1-12-7-8-13(10-17)9-16(12)19-11-15(18)14-5-3-2-4-6-14/h2-9H,11H2,1H3. The maximum absolute atomic E-state index is 11.9. The van der Waals surface area contributed by atoms with Crippen molar-refractivity contribution in [2.24, 2.45) is 0 Å². The summed E-state index contributed by atoms with van der Waals surface area (Å²) in [5, 5.41) is 8.84. The first kappa shape index (κ1) is 12.8. The van der Waals surface area contributed by atoms with E-state index in [4.69, 9.17) is 10.00 Å². The summed E-state index contributed by atoms with van der Waals surface area (Å²) >= 11 is 0. The van der Waals surface area contributed by atoms with Crippen molar-refractivity contribution < 1.29 is 9.53 Å². The Kier molecular flexibility index (Phi) is 3.94. The van der Waals surface area contributed by atoms with Crippen molar-refractivity contribution in [3.05, 3.63) is 65.2 Å². The second-order valence-corrected chi connectivity index (χ2v) is 4.17. The SMILES string of the molecule is Cc1ccc(C#N)cc1OCC(=O)c1ccccc1. The molecule has 0 aliphatic heterocycles. The molecular formula is C16H13NO2. The molecule has 0 aliphatic carbocycles. The van der Waals surface area contributed by atoms with E-state index < -0.39 is 0 Å². The highest BCUT2D eigenvalue weighted by Crippen LogP contribution is 2.19. The van der Waals surface area contributed by atoms with Gasteiger partial charge in [-0.25, -0.2) is 0 Å². The molecule has 0 saturated heterocycles. The molecule has 3 heteroatoms. The van der Waals surface area contributed by atoms with Crippen molar-refractivity contribution in [1.82, 2.24) is 0 Å². The van der Waals surface area contributed by atoms with Crippen LogP contribution in [0.5, 0.6) is 5.75 Å². The first-order valence-corrected chi connectivity index (χ1v) is 5.92. The number of rotatable bonds is 4. The molecule has 3 nitrogen and oxygen atoms in total. The van der Waals surface area contributed by atoms with Crippen LogP contribution in [0.3, 0.4) is 0 Å². The van der Waals surface area contributed by atoms with Gasteiger partial charge < -0.3 is 4.74 Å². The number of nitriles is 1. The fourth-order valence-electron chi connectivity index (χ4n) is 1.68. The van der Waals surface area contributed by atoms with Gasteiger partial charge in [0.25, 0.3) is 0 Å². The lowest BCUT2D eigenvalue weighted by Crippen LogP contribution is -2.12. The van der Waals surface area contributed by atoms with E-state index in [1.54, 1.807) is 30.3 Å².